The molecule has 2 aliphatic rings. The van der Waals surface area contributed by atoms with Gasteiger partial charge in [-0.05, 0) is 31.9 Å². The van der Waals surface area contributed by atoms with Crippen LogP contribution in [0.2, 0.25) is 0 Å². The number of carbonyl (C=O) groups is 2. The second-order valence-corrected chi connectivity index (χ2v) is 6.76. The Bertz CT molecular complexity index is 356. The van der Waals surface area contributed by atoms with Crippen LogP contribution in [0.5, 0.6) is 0 Å². The fourth-order valence-electron chi connectivity index (χ4n) is 3.15. The topological polar surface area (TPSA) is 69.6 Å². The summed E-state index contributed by atoms with van der Waals surface area (Å²) in [7, 11) is 0. The highest BCUT2D eigenvalue weighted by Crippen LogP contribution is 2.28. The van der Waals surface area contributed by atoms with Gasteiger partial charge in [0.15, 0.2) is 0 Å². The van der Waals surface area contributed by atoms with Gasteiger partial charge in [-0.2, -0.15) is 11.8 Å². The third-order valence-electron chi connectivity index (χ3n) is 4.47. The Morgan fingerprint density at radius 3 is 2.55 bits per heavy atom. The van der Waals surface area contributed by atoms with E-state index in [1.165, 1.54) is 12.8 Å². The van der Waals surface area contributed by atoms with Crippen molar-refractivity contribution in [2.24, 2.45) is 5.92 Å². The molecule has 0 spiro atoms. The number of carboxylic acid groups (broad SMARTS) is 1. The summed E-state index contributed by atoms with van der Waals surface area (Å²) < 4.78 is 0. The molecule has 2 fully saturated rings. The number of carbonyl (C=O) groups excluding carboxylic acids is 1. The van der Waals surface area contributed by atoms with Gasteiger partial charge in [-0.3, -0.25) is 9.59 Å². The fourth-order valence-corrected chi connectivity index (χ4v) is 4.11. The third-order valence-corrected chi connectivity index (χ3v) is 5.64. The lowest BCUT2D eigenvalue weighted by atomic mass is 9.97. The van der Waals surface area contributed by atoms with Gasteiger partial charge >= 0.3 is 5.97 Å². The highest BCUT2D eigenvalue weighted by molar-refractivity contribution is 7.99. The van der Waals surface area contributed by atoms with Crippen LogP contribution in [0, 0.1) is 5.92 Å². The van der Waals surface area contributed by atoms with E-state index in [9.17, 15) is 9.59 Å². The molecule has 1 amide bonds. The molecule has 0 aromatic rings. The number of likely N-dealkylation sites (tertiary alicyclic amines) is 1. The molecule has 0 radical (unpaired) electrons. The molecule has 0 aromatic heterocycles. The van der Waals surface area contributed by atoms with Crippen LogP contribution in [0.25, 0.3) is 0 Å². The van der Waals surface area contributed by atoms with Gasteiger partial charge in [0.25, 0.3) is 0 Å². The van der Waals surface area contributed by atoms with Crippen LogP contribution in [-0.4, -0.2) is 59.1 Å². The number of rotatable bonds is 5. The average Bonchev–Trinajstić information content (AvgIpc) is 2.92. The second-order valence-electron chi connectivity index (χ2n) is 5.69. The Kier molecular flexibility index (Phi) is 5.72. The van der Waals surface area contributed by atoms with Gasteiger partial charge in [0.1, 0.15) is 0 Å². The van der Waals surface area contributed by atoms with Crippen molar-refractivity contribution >= 4 is 23.6 Å². The van der Waals surface area contributed by atoms with Gasteiger partial charge < -0.3 is 15.3 Å². The summed E-state index contributed by atoms with van der Waals surface area (Å²) in [5.74, 6) is -0.896. The van der Waals surface area contributed by atoms with Gasteiger partial charge in [0.05, 0.1) is 12.5 Å². The van der Waals surface area contributed by atoms with E-state index in [1.54, 1.807) is 4.90 Å². The molecule has 2 N–H and O–H groups in total. The van der Waals surface area contributed by atoms with E-state index in [-0.39, 0.29) is 11.8 Å². The maximum atomic E-state index is 12.1. The van der Waals surface area contributed by atoms with Crippen molar-refractivity contribution in [2.45, 2.75) is 43.4 Å². The first-order valence-electron chi connectivity index (χ1n) is 7.38. The highest BCUT2D eigenvalue weighted by Gasteiger charge is 2.29. The van der Waals surface area contributed by atoms with Gasteiger partial charge in [-0.15, -0.1) is 0 Å². The first-order chi connectivity index (χ1) is 9.61. The standard InChI is InChI=1S/C14H24N2O3S/c1-20-12-4-2-3-11(12)15-9-13(17)16-7-5-10(6-8-16)14(18)19/h10-12,15H,2-9H2,1H3,(H,18,19). The molecule has 114 valence electrons. The molecular formula is C14H24N2O3S. The van der Waals surface area contributed by atoms with Crippen LogP contribution in [-0.2, 0) is 9.59 Å². The lowest BCUT2D eigenvalue weighted by Gasteiger charge is -2.31. The van der Waals surface area contributed by atoms with E-state index in [2.05, 4.69) is 11.6 Å². The highest BCUT2D eigenvalue weighted by atomic mass is 32.2. The van der Waals surface area contributed by atoms with Gasteiger partial charge in [-0.1, -0.05) is 6.42 Å². The van der Waals surface area contributed by atoms with E-state index >= 15 is 0 Å². The minimum Gasteiger partial charge on any atom is -0.481 e. The zero-order valence-corrected chi connectivity index (χ0v) is 12.8. The quantitative estimate of drug-likeness (QED) is 0.798. The molecule has 2 rings (SSSR count). The number of nitrogens with zero attached hydrogens (tertiary/aromatic N) is 1. The summed E-state index contributed by atoms with van der Waals surface area (Å²) in [4.78, 5) is 24.8. The van der Waals surface area contributed by atoms with Crippen molar-refractivity contribution in [1.82, 2.24) is 10.2 Å². The summed E-state index contributed by atoms with van der Waals surface area (Å²) in [5.41, 5.74) is 0. The smallest absolute Gasteiger partial charge is 0.306 e. The van der Waals surface area contributed by atoms with E-state index in [0.717, 1.165) is 6.42 Å². The molecule has 0 bridgehead atoms. The van der Waals surface area contributed by atoms with Crippen LogP contribution in [0.4, 0.5) is 0 Å². The van der Waals surface area contributed by atoms with Crippen LogP contribution >= 0.6 is 11.8 Å². The molecule has 1 aliphatic heterocycles. The van der Waals surface area contributed by atoms with Crippen LogP contribution in [0.1, 0.15) is 32.1 Å². The molecule has 5 nitrogen and oxygen atoms in total. The number of amides is 1. The maximum absolute atomic E-state index is 12.1. The molecule has 1 saturated heterocycles. The summed E-state index contributed by atoms with van der Waals surface area (Å²) in [6, 6.07) is 0.450. The van der Waals surface area contributed by atoms with Crippen LogP contribution < -0.4 is 5.32 Å². The van der Waals surface area contributed by atoms with E-state index < -0.39 is 5.97 Å². The summed E-state index contributed by atoms with van der Waals surface area (Å²) in [6.07, 6.45) is 6.91. The minimum atomic E-state index is -0.732. The van der Waals surface area contributed by atoms with Crippen molar-refractivity contribution in [3.63, 3.8) is 0 Å². The van der Waals surface area contributed by atoms with Gasteiger partial charge in [0, 0.05) is 24.4 Å². The predicted molar refractivity (Wildman–Crippen MR) is 79.9 cm³/mol. The number of aliphatic carboxylic acids is 1. The van der Waals surface area contributed by atoms with Crippen molar-refractivity contribution in [1.29, 1.82) is 0 Å². The van der Waals surface area contributed by atoms with Gasteiger partial charge in [0.2, 0.25) is 5.91 Å². The van der Waals surface area contributed by atoms with Gasteiger partial charge in [-0.25, -0.2) is 0 Å². The number of nitrogens with one attached hydrogen (secondary N) is 1. The summed E-state index contributed by atoms with van der Waals surface area (Å²) in [5, 5.41) is 13.0. The SMILES string of the molecule is CSC1CCCC1NCC(=O)N1CCC(C(=O)O)CC1. The van der Waals surface area contributed by atoms with Crippen molar-refractivity contribution in [3.05, 3.63) is 0 Å². The number of thioether (sulfide) groups is 1. The Morgan fingerprint density at radius 2 is 1.95 bits per heavy atom. The first kappa shape index (κ1) is 15.6. The number of hydrogen-bond acceptors (Lipinski definition) is 4. The Morgan fingerprint density at radius 1 is 1.25 bits per heavy atom. The summed E-state index contributed by atoms with van der Waals surface area (Å²) >= 11 is 1.88. The largest absolute Gasteiger partial charge is 0.481 e. The predicted octanol–water partition coefficient (Wildman–Crippen LogP) is 1.18. The molecule has 1 saturated carbocycles. The van der Waals surface area contributed by atoms with Crippen LogP contribution in [0.3, 0.4) is 0 Å². The fraction of sp³-hybridized carbons (Fsp3) is 0.857. The molecule has 2 atom stereocenters. The zero-order chi connectivity index (χ0) is 14.5. The molecule has 20 heavy (non-hydrogen) atoms. The number of carboxylic acids is 1. The molecule has 6 heteroatoms. The molecule has 1 heterocycles. The number of piperidine rings is 1. The van der Waals surface area contributed by atoms with Crippen molar-refractivity contribution in [2.75, 3.05) is 25.9 Å². The zero-order valence-electron chi connectivity index (χ0n) is 12.0. The lowest BCUT2D eigenvalue weighted by molar-refractivity contribution is -0.145. The van der Waals surface area contributed by atoms with E-state index in [0.29, 0.717) is 43.8 Å². The molecule has 1 aliphatic carbocycles. The third kappa shape index (κ3) is 3.88. The first-order valence-corrected chi connectivity index (χ1v) is 8.67. The van der Waals surface area contributed by atoms with E-state index in [1.807, 2.05) is 11.8 Å². The molecule has 0 aromatic carbocycles. The van der Waals surface area contributed by atoms with Crippen molar-refractivity contribution in [3.8, 4) is 0 Å². The Balaban J connectivity index is 1.72. The Labute approximate surface area is 124 Å². The van der Waals surface area contributed by atoms with E-state index in [4.69, 9.17) is 5.11 Å². The summed E-state index contributed by atoms with van der Waals surface area (Å²) in [6.45, 7) is 1.54. The average molecular weight is 300 g/mol. The lowest BCUT2D eigenvalue weighted by Crippen LogP contribution is -2.46. The monoisotopic (exact) mass is 300 g/mol. The Hall–Kier alpha value is -0.750. The second kappa shape index (κ2) is 7.31. The number of hydrogen-bond donors (Lipinski definition) is 2. The molecule has 2 unspecified atom stereocenters. The maximum Gasteiger partial charge on any atom is 0.306 e. The van der Waals surface area contributed by atoms with Crippen LogP contribution in [0.15, 0.2) is 0 Å². The normalized spacial score (nSPS) is 27.8. The molecular weight excluding hydrogens is 276 g/mol. The van der Waals surface area contributed by atoms with Crippen molar-refractivity contribution < 1.29 is 14.7 Å². The minimum absolute atomic E-state index is 0.112.